The Labute approximate surface area is 188 Å². The monoisotopic (exact) mass is 461 g/mol. The standard InChI is InChI=1S/C22H21ClFN3O5/c1-13(28)27(22(25)29)14-4-5-19(16(24)10-14)32-18-6-8-26-17-12-21(31-9-3-7-23)20(30-2)11-15(17)18/h4-6,8,10-12H,3,7,9H2,1-2H3,(H2,25,29). The number of pyridine rings is 1. The first-order valence-corrected chi connectivity index (χ1v) is 10.1. The minimum absolute atomic E-state index is 0.00478. The van der Waals surface area contributed by atoms with Crippen LogP contribution >= 0.6 is 11.6 Å². The van der Waals surface area contributed by atoms with Crippen molar-refractivity contribution >= 4 is 40.1 Å². The number of methoxy groups -OCH3 is 1. The molecule has 0 aliphatic carbocycles. The summed E-state index contributed by atoms with van der Waals surface area (Å²) in [4.78, 5) is 28.1. The molecule has 0 spiro atoms. The number of aromatic nitrogens is 1. The topological polar surface area (TPSA) is 104 Å². The minimum Gasteiger partial charge on any atom is -0.493 e. The van der Waals surface area contributed by atoms with E-state index >= 15 is 0 Å². The number of rotatable bonds is 8. The van der Waals surface area contributed by atoms with Crippen molar-refractivity contribution in [3.8, 4) is 23.0 Å². The Kier molecular flexibility index (Phi) is 7.32. The molecule has 0 fully saturated rings. The van der Waals surface area contributed by atoms with Crippen molar-refractivity contribution in [1.29, 1.82) is 0 Å². The lowest BCUT2D eigenvalue weighted by atomic mass is 10.1. The molecule has 10 heteroatoms. The maximum atomic E-state index is 14.7. The van der Waals surface area contributed by atoms with E-state index < -0.39 is 17.8 Å². The average Bonchev–Trinajstić information content (AvgIpc) is 2.75. The van der Waals surface area contributed by atoms with Crippen LogP contribution in [-0.2, 0) is 4.79 Å². The summed E-state index contributed by atoms with van der Waals surface area (Å²) in [5.41, 5.74) is 5.75. The van der Waals surface area contributed by atoms with Crippen LogP contribution in [0, 0.1) is 5.82 Å². The molecule has 1 heterocycles. The number of carbonyl (C=O) groups is 2. The van der Waals surface area contributed by atoms with Crippen LogP contribution in [0.3, 0.4) is 0 Å². The van der Waals surface area contributed by atoms with Crippen molar-refractivity contribution in [2.75, 3.05) is 24.5 Å². The Hall–Kier alpha value is -3.59. The summed E-state index contributed by atoms with van der Waals surface area (Å²) < 4.78 is 31.6. The molecule has 0 atom stereocenters. The number of nitrogens with two attached hydrogens (primary N) is 1. The van der Waals surface area contributed by atoms with Gasteiger partial charge in [0, 0.05) is 36.5 Å². The molecule has 0 saturated carbocycles. The Balaban J connectivity index is 1.95. The fraction of sp³-hybridized carbons (Fsp3) is 0.227. The number of ether oxygens (including phenoxy) is 3. The largest absolute Gasteiger partial charge is 0.493 e. The van der Waals surface area contributed by atoms with Gasteiger partial charge in [0.2, 0.25) is 5.91 Å². The van der Waals surface area contributed by atoms with E-state index in [0.29, 0.717) is 52.0 Å². The number of primary amides is 1. The molecular weight excluding hydrogens is 441 g/mol. The van der Waals surface area contributed by atoms with Crippen molar-refractivity contribution in [2.45, 2.75) is 13.3 Å². The SMILES string of the molecule is COc1cc2c(Oc3ccc(N(C(C)=O)C(N)=O)cc3F)ccnc2cc1OCCCCl. The predicted octanol–water partition coefficient (Wildman–Crippen LogP) is 4.61. The van der Waals surface area contributed by atoms with Crippen LogP contribution in [0.1, 0.15) is 13.3 Å². The molecule has 2 N–H and O–H groups in total. The second-order valence-corrected chi connectivity index (χ2v) is 7.01. The van der Waals surface area contributed by atoms with E-state index in [1.807, 2.05) is 0 Å². The highest BCUT2D eigenvalue weighted by Gasteiger charge is 2.20. The third-order valence-corrected chi connectivity index (χ3v) is 4.72. The molecule has 2 aromatic carbocycles. The predicted molar refractivity (Wildman–Crippen MR) is 118 cm³/mol. The molecule has 0 aliphatic heterocycles. The molecule has 168 valence electrons. The normalized spacial score (nSPS) is 10.6. The summed E-state index contributed by atoms with van der Waals surface area (Å²) in [6, 6.07) is 7.61. The van der Waals surface area contributed by atoms with Crippen LogP contribution in [0.5, 0.6) is 23.0 Å². The summed E-state index contributed by atoms with van der Waals surface area (Å²) in [6.45, 7) is 1.57. The molecule has 0 bridgehead atoms. The molecule has 3 rings (SSSR count). The van der Waals surface area contributed by atoms with Crippen LogP contribution < -0.4 is 24.8 Å². The first-order chi connectivity index (χ1) is 15.3. The second-order valence-electron chi connectivity index (χ2n) is 6.63. The van der Waals surface area contributed by atoms with Gasteiger partial charge in [-0.3, -0.25) is 9.78 Å². The number of imide groups is 1. The number of benzene rings is 2. The fourth-order valence-corrected chi connectivity index (χ4v) is 3.13. The van der Waals surface area contributed by atoms with Crippen LogP contribution in [0.25, 0.3) is 10.9 Å². The van der Waals surface area contributed by atoms with Gasteiger partial charge in [-0.2, -0.15) is 0 Å². The summed E-state index contributed by atoms with van der Waals surface area (Å²) in [7, 11) is 1.50. The lowest BCUT2D eigenvalue weighted by molar-refractivity contribution is -0.115. The van der Waals surface area contributed by atoms with Gasteiger partial charge in [0.25, 0.3) is 0 Å². The number of halogens is 2. The number of amides is 3. The van der Waals surface area contributed by atoms with Gasteiger partial charge >= 0.3 is 6.03 Å². The van der Waals surface area contributed by atoms with Gasteiger partial charge in [0.1, 0.15) is 5.75 Å². The van der Waals surface area contributed by atoms with E-state index in [0.717, 1.165) is 13.0 Å². The summed E-state index contributed by atoms with van der Waals surface area (Å²) in [5.74, 6) is 0.219. The number of anilines is 1. The molecular formula is C22H21ClFN3O5. The van der Waals surface area contributed by atoms with Crippen LogP contribution in [0.4, 0.5) is 14.9 Å². The minimum atomic E-state index is -1.01. The molecule has 0 saturated heterocycles. The van der Waals surface area contributed by atoms with Gasteiger partial charge in [-0.05, 0) is 30.7 Å². The Morgan fingerprint density at radius 3 is 2.53 bits per heavy atom. The number of carbonyl (C=O) groups excluding carboxylic acids is 2. The van der Waals surface area contributed by atoms with E-state index in [1.54, 1.807) is 18.2 Å². The number of alkyl halides is 1. The van der Waals surface area contributed by atoms with Gasteiger partial charge in [0.05, 0.1) is 24.9 Å². The van der Waals surface area contributed by atoms with Gasteiger partial charge < -0.3 is 19.9 Å². The Morgan fingerprint density at radius 1 is 1.12 bits per heavy atom. The number of urea groups is 1. The fourth-order valence-electron chi connectivity index (χ4n) is 3.02. The average molecular weight is 462 g/mol. The maximum absolute atomic E-state index is 14.7. The molecule has 0 aliphatic rings. The van der Waals surface area contributed by atoms with Gasteiger partial charge in [-0.1, -0.05) is 0 Å². The summed E-state index contributed by atoms with van der Waals surface area (Å²) in [6.07, 6.45) is 2.19. The maximum Gasteiger partial charge on any atom is 0.326 e. The Bertz CT molecular complexity index is 1140. The van der Waals surface area contributed by atoms with Gasteiger partial charge in [0.15, 0.2) is 23.1 Å². The van der Waals surface area contributed by atoms with E-state index in [1.165, 1.54) is 25.4 Å². The van der Waals surface area contributed by atoms with Gasteiger partial charge in [-0.15, -0.1) is 11.6 Å². The first kappa shape index (κ1) is 23.1. The zero-order valence-corrected chi connectivity index (χ0v) is 18.2. The van der Waals surface area contributed by atoms with Crippen molar-refractivity contribution in [2.24, 2.45) is 5.73 Å². The van der Waals surface area contributed by atoms with Crippen LogP contribution in [0.2, 0.25) is 0 Å². The molecule has 32 heavy (non-hydrogen) atoms. The third-order valence-electron chi connectivity index (χ3n) is 4.45. The Morgan fingerprint density at radius 2 is 1.91 bits per heavy atom. The van der Waals surface area contributed by atoms with E-state index in [4.69, 9.17) is 31.5 Å². The van der Waals surface area contributed by atoms with Crippen LogP contribution in [-0.4, -0.2) is 36.5 Å². The third kappa shape index (κ3) is 5.00. The lowest BCUT2D eigenvalue weighted by Crippen LogP contribution is -2.39. The second kappa shape index (κ2) is 10.1. The highest BCUT2D eigenvalue weighted by molar-refractivity contribution is 6.17. The van der Waals surface area contributed by atoms with Crippen molar-refractivity contribution in [3.63, 3.8) is 0 Å². The molecule has 3 amide bonds. The quantitative estimate of drug-likeness (QED) is 0.388. The zero-order chi connectivity index (χ0) is 23.3. The van der Waals surface area contributed by atoms with E-state index in [9.17, 15) is 14.0 Å². The lowest BCUT2D eigenvalue weighted by Gasteiger charge is -2.17. The van der Waals surface area contributed by atoms with Crippen molar-refractivity contribution in [3.05, 3.63) is 48.4 Å². The smallest absolute Gasteiger partial charge is 0.326 e. The van der Waals surface area contributed by atoms with Crippen molar-refractivity contribution in [1.82, 2.24) is 4.98 Å². The molecule has 0 unspecified atom stereocenters. The zero-order valence-electron chi connectivity index (χ0n) is 17.4. The van der Waals surface area contributed by atoms with E-state index in [-0.39, 0.29) is 11.4 Å². The van der Waals surface area contributed by atoms with Crippen LogP contribution in [0.15, 0.2) is 42.6 Å². The van der Waals surface area contributed by atoms with E-state index in [2.05, 4.69) is 4.98 Å². The number of fused-ring (bicyclic) bond motifs is 1. The summed E-state index contributed by atoms with van der Waals surface area (Å²) >= 11 is 5.69. The molecule has 1 aromatic heterocycles. The molecule has 3 aromatic rings. The highest BCUT2D eigenvalue weighted by Crippen LogP contribution is 2.38. The first-order valence-electron chi connectivity index (χ1n) is 9.58. The number of hydrogen-bond donors (Lipinski definition) is 1. The highest BCUT2D eigenvalue weighted by atomic mass is 35.5. The number of nitrogens with zero attached hydrogens (tertiary/aromatic N) is 2. The molecule has 0 radical (unpaired) electrons. The van der Waals surface area contributed by atoms with Gasteiger partial charge in [-0.25, -0.2) is 14.1 Å². The number of hydrogen-bond acceptors (Lipinski definition) is 6. The summed E-state index contributed by atoms with van der Waals surface area (Å²) in [5, 5.41) is 0.569. The van der Waals surface area contributed by atoms with Crippen molar-refractivity contribution < 1.29 is 28.2 Å². The molecule has 8 nitrogen and oxygen atoms in total.